The van der Waals surface area contributed by atoms with E-state index >= 15 is 0 Å². The Morgan fingerprint density at radius 3 is 2.32 bits per heavy atom. The summed E-state index contributed by atoms with van der Waals surface area (Å²) in [6.07, 6.45) is 2.11. The van der Waals surface area contributed by atoms with Crippen LogP contribution in [0.4, 0.5) is 0 Å². The van der Waals surface area contributed by atoms with Crippen LogP contribution in [0.5, 0.6) is 0 Å². The molecule has 0 unspecified atom stereocenters. The van der Waals surface area contributed by atoms with Crippen LogP contribution in [0.3, 0.4) is 0 Å². The van der Waals surface area contributed by atoms with E-state index in [1.165, 1.54) is 5.39 Å². The molecule has 0 atom stereocenters. The van der Waals surface area contributed by atoms with Gasteiger partial charge in [-0.15, -0.1) is 0 Å². The molecule has 22 heavy (non-hydrogen) atoms. The molecule has 3 heteroatoms. The van der Waals surface area contributed by atoms with E-state index in [9.17, 15) is 5.11 Å². The summed E-state index contributed by atoms with van der Waals surface area (Å²) in [5.74, 6) is 0. The molecule has 0 aliphatic rings. The molecule has 3 nitrogen and oxygen atoms in total. The normalized spacial score (nSPS) is 12.3. The number of rotatable bonds is 2. The number of nitrogens with one attached hydrogen (secondary N) is 1. The fourth-order valence-corrected chi connectivity index (χ4v) is 3.19. The predicted molar refractivity (Wildman–Crippen MR) is 90.4 cm³/mol. The van der Waals surface area contributed by atoms with Gasteiger partial charge in [-0.05, 0) is 32.0 Å². The lowest BCUT2D eigenvalue weighted by Crippen LogP contribution is -2.20. The molecule has 0 bridgehead atoms. The van der Waals surface area contributed by atoms with Crippen LogP contribution in [0.1, 0.15) is 19.5 Å². The molecule has 0 spiro atoms. The molecular formula is C19H18N2O. The summed E-state index contributed by atoms with van der Waals surface area (Å²) >= 11 is 0. The number of aromatic nitrogens is 2. The number of aromatic amines is 1. The second-order valence-corrected chi connectivity index (χ2v) is 6.20. The van der Waals surface area contributed by atoms with Gasteiger partial charge in [-0.3, -0.25) is 0 Å². The Labute approximate surface area is 128 Å². The van der Waals surface area contributed by atoms with Crippen molar-refractivity contribution in [2.75, 3.05) is 0 Å². The molecule has 0 saturated carbocycles. The SMILES string of the molecule is CC(C)(O)c1c2[nH]c3ccccc3c2cn1-c1ccccc1. The van der Waals surface area contributed by atoms with Crippen molar-refractivity contribution in [2.45, 2.75) is 19.4 Å². The first-order valence-corrected chi connectivity index (χ1v) is 7.46. The quantitative estimate of drug-likeness (QED) is 0.566. The number of hydrogen-bond donors (Lipinski definition) is 2. The maximum Gasteiger partial charge on any atom is 0.101 e. The molecule has 0 amide bonds. The van der Waals surface area contributed by atoms with Crippen molar-refractivity contribution in [2.24, 2.45) is 0 Å². The van der Waals surface area contributed by atoms with Crippen LogP contribution >= 0.6 is 0 Å². The van der Waals surface area contributed by atoms with Crippen molar-refractivity contribution in [1.82, 2.24) is 9.55 Å². The van der Waals surface area contributed by atoms with Gasteiger partial charge in [0.2, 0.25) is 0 Å². The number of hydrogen-bond acceptors (Lipinski definition) is 1. The summed E-state index contributed by atoms with van der Waals surface area (Å²) in [6, 6.07) is 18.4. The van der Waals surface area contributed by atoms with Crippen LogP contribution in [0.25, 0.3) is 27.5 Å². The van der Waals surface area contributed by atoms with Crippen LogP contribution in [0, 0.1) is 0 Å². The zero-order chi connectivity index (χ0) is 15.3. The van der Waals surface area contributed by atoms with Crippen LogP contribution in [0.15, 0.2) is 60.8 Å². The largest absolute Gasteiger partial charge is 0.384 e. The average molecular weight is 290 g/mol. The predicted octanol–water partition coefficient (Wildman–Crippen LogP) is 4.34. The second kappa shape index (κ2) is 4.49. The van der Waals surface area contributed by atoms with Gasteiger partial charge in [0.15, 0.2) is 0 Å². The summed E-state index contributed by atoms with van der Waals surface area (Å²) in [5.41, 5.74) is 3.08. The zero-order valence-corrected chi connectivity index (χ0v) is 12.7. The van der Waals surface area contributed by atoms with E-state index in [4.69, 9.17) is 0 Å². The first kappa shape index (κ1) is 13.2. The van der Waals surface area contributed by atoms with Crippen molar-refractivity contribution in [1.29, 1.82) is 0 Å². The lowest BCUT2D eigenvalue weighted by atomic mass is 10.0. The number of para-hydroxylation sites is 2. The lowest BCUT2D eigenvalue weighted by molar-refractivity contribution is 0.0735. The molecule has 2 N–H and O–H groups in total. The fraction of sp³-hybridized carbons (Fsp3) is 0.158. The van der Waals surface area contributed by atoms with Gasteiger partial charge in [0.1, 0.15) is 5.60 Å². The third-order valence-corrected chi connectivity index (χ3v) is 4.10. The van der Waals surface area contributed by atoms with Gasteiger partial charge in [-0.1, -0.05) is 36.4 Å². The maximum atomic E-state index is 10.7. The van der Waals surface area contributed by atoms with E-state index in [0.29, 0.717) is 0 Å². The van der Waals surface area contributed by atoms with Gasteiger partial charge in [-0.2, -0.15) is 0 Å². The minimum atomic E-state index is -0.946. The Kier molecular flexibility index (Phi) is 2.68. The summed E-state index contributed by atoms with van der Waals surface area (Å²) in [5, 5.41) is 13.0. The molecule has 0 aliphatic carbocycles. The van der Waals surface area contributed by atoms with Crippen LogP contribution in [-0.2, 0) is 5.60 Å². The van der Waals surface area contributed by atoms with Gasteiger partial charge >= 0.3 is 0 Å². The molecule has 4 aromatic rings. The standard InChI is InChI=1S/C19H18N2O/c1-19(2,22)18-17-15(14-10-6-7-11-16(14)20-17)12-21(18)13-8-4-3-5-9-13/h3-12,20,22H,1-2H3. The van der Waals surface area contributed by atoms with Gasteiger partial charge in [-0.25, -0.2) is 0 Å². The monoisotopic (exact) mass is 290 g/mol. The van der Waals surface area contributed by atoms with Crippen molar-refractivity contribution >= 4 is 21.8 Å². The summed E-state index contributed by atoms with van der Waals surface area (Å²) in [7, 11) is 0. The molecule has 0 aliphatic heterocycles. The van der Waals surface area contributed by atoms with Gasteiger partial charge in [0.25, 0.3) is 0 Å². The summed E-state index contributed by atoms with van der Waals surface area (Å²) in [6.45, 7) is 3.65. The van der Waals surface area contributed by atoms with E-state index < -0.39 is 5.60 Å². The highest BCUT2D eigenvalue weighted by molar-refractivity contribution is 6.08. The third-order valence-electron chi connectivity index (χ3n) is 4.10. The minimum absolute atomic E-state index is 0.880. The Hall–Kier alpha value is -2.52. The smallest absolute Gasteiger partial charge is 0.101 e. The Bertz CT molecular complexity index is 956. The van der Waals surface area contributed by atoms with Gasteiger partial charge < -0.3 is 14.7 Å². The second-order valence-electron chi connectivity index (χ2n) is 6.20. The number of aliphatic hydroxyl groups is 1. The lowest BCUT2D eigenvalue weighted by Gasteiger charge is -2.21. The molecule has 2 aromatic carbocycles. The van der Waals surface area contributed by atoms with E-state index in [1.807, 2.05) is 44.2 Å². The molecule has 0 saturated heterocycles. The number of nitrogens with zero attached hydrogens (tertiary/aromatic N) is 1. The molecule has 2 heterocycles. The van der Waals surface area contributed by atoms with Crippen molar-refractivity contribution in [3.05, 3.63) is 66.5 Å². The maximum absolute atomic E-state index is 10.7. The van der Waals surface area contributed by atoms with Crippen LogP contribution < -0.4 is 0 Å². The molecule has 2 aromatic heterocycles. The fourth-order valence-electron chi connectivity index (χ4n) is 3.19. The topological polar surface area (TPSA) is 40.9 Å². The highest BCUT2D eigenvalue weighted by Crippen LogP contribution is 2.36. The third kappa shape index (κ3) is 1.86. The summed E-state index contributed by atoms with van der Waals surface area (Å²) in [4.78, 5) is 3.46. The van der Waals surface area contributed by atoms with E-state index in [1.54, 1.807) is 0 Å². The van der Waals surface area contributed by atoms with Crippen molar-refractivity contribution in [3.63, 3.8) is 0 Å². The van der Waals surface area contributed by atoms with Crippen molar-refractivity contribution < 1.29 is 5.11 Å². The molecule has 0 radical (unpaired) electrons. The highest BCUT2D eigenvalue weighted by Gasteiger charge is 2.26. The van der Waals surface area contributed by atoms with E-state index in [0.717, 1.165) is 27.8 Å². The first-order valence-electron chi connectivity index (χ1n) is 7.46. The number of fused-ring (bicyclic) bond motifs is 3. The number of benzene rings is 2. The average Bonchev–Trinajstić information content (AvgIpc) is 3.03. The zero-order valence-electron chi connectivity index (χ0n) is 12.7. The molecule has 4 rings (SSSR count). The Morgan fingerprint density at radius 1 is 0.909 bits per heavy atom. The van der Waals surface area contributed by atoms with Crippen LogP contribution in [0.2, 0.25) is 0 Å². The Balaban J connectivity index is 2.13. The van der Waals surface area contributed by atoms with Crippen molar-refractivity contribution in [3.8, 4) is 5.69 Å². The molecule has 110 valence electrons. The first-order chi connectivity index (χ1) is 10.6. The minimum Gasteiger partial charge on any atom is -0.384 e. The van der Waals surface area contributed by atoms with Gasteiger partial charge in [0.05, 0.1) is 11.2 Å². The van der Waals surface area contributed by atoms with E-state index in [2.05, 4.69) is 40.0 Å². The molecule has 0 fully saturated rings. The molecular weight excluding hydrogens is 272 g/mol. The van der Waals surface area contributed by atoms with Gasteiger partial charge in [0, 0.05) is 28.2 Å². The van der Waals surface area contributed by atoms with E-state index in [-0.39, 0.29) is 0 Å². The Morgan fingerprint density at radius 2 is 1.59 bits per heavy atom. The highest BCUT2D eigenvalue weighted by atomic mass is 16.3. The summed E-state index contributed by atoms with van der Waals surface area (Å²) < 4.78 is 2.08. The number of H-pyrrole nitrogens is 1. The van der Waals surface area contributed by atoms with Crippen LogP contribution in [-0.4, -0.2) is 14.7 Å².